The molecule has 0 aliphatic carbocycles. The number of nitrogens with zero attached hydrogens (tertiary/aromatic N) is 1. The SMILES string of the molecule is C/C(=C(\C)C1CN(C)C1)c1ccc(F)c(C)c1. The van der Waals surface area contributed by atoms with E-state index in [1.54, 1.807) is 6.07 Å². The Balaban J connectivity index is 2.26. The number of halogens is 1. The fourth-order valence-corrected chi connectivity index (χ4v) is 2.38. The van der Waals surface area contributed by atoms with Crippen molar-refractivity contribution in [2.24, 2.45) is 5.92 Å². The first-order chi connectivity index (χ1) is 7.99. The van der Waals surface area contributed by atoms with E-state index in [2.05, 4.69) is 25.8 Å². The highest BCUT2D eigenvalue weighted by Gasteiger charge is 2.25. The average molecular weight is 233 g/mol. The molecule has 1 aromatic rings. The van der Waals surface area contributed by atoms with Gasteiger partial charge in [-0.2, -0.15) is 0 Å². The van der Waals surface area contributed by atoms with Gasteiger partial charge in [0.2, 0.25) is 0 Å². The summed E-state index contributed by atoms with van der Waals surface area (Å²) in [6, 6.07) is 5.38. The number of hydrogen-bond donors (Lipinski definition) is 0. The molecule has 0 saturated carbocycles. The maximum atomic E-state index is 13.2. The van der Waals surface area contributed by atoms with E-state index in [0.717, 1.165) is 24.2 Å². The van der Waals surface area contributed by atoms with E-state index < -0.39 is 0 Å². The number of likely N-dealkylation sites (tertiary alicyclic amines) is 1. The van der Waals surface area contributed by atoms with E-state index in [1.807, 2.05) is 19.1 Å². The molecular formula is C15H20FN. The molecule has 1 nitrogen and oxygen atoms in total. The molecule has 17 heavy (non-hydrogen) atoms. The molecular weight excluding hydrogens is 213 g/mol. The Hall–Kier alpha value is -1.15. The van der Waals surface area contributed by atoms with Gasteiger partial charge in [-0.05, 0) is 56.7 Å². The lowest BCUT2D eigenvalue weighted by Gasteiger charge is -2.37. The Labute approximate surface area is 103 Å². The molecule has 0 unspecified atom stereocenters. The number of aryl methyl sites for hydroxylation is 1. The zero-order valence-electron chi connectivity index (χ0n) is 11.0. The highest BCUT2D eigenvalue weighted by molar-refractivity contribution is 5.67. The van der Waals surface area contributed by atoms with Gasteiger partial charge >= 0.3 is 0 Å². The second-order valence-electron chi connectivity index (χ2n) is 5.19. The third-order valence-electron chi connectivity index (χ3n) is 3.86. The minimum atomic E-state index is -0.123. The summed E-state index contributed by atoms with van der Waals surface area (Å²) < 4.78 is 13.2. The van der Waals surface area contributed by atoms with Gasteiger partial charge in [-0.15, -0.1) is 0 Å². The van der Waals surface area contributed by atoms with Gasteiger partial charge < -0.3 is 4.90 Å². The molecule has 0 N–H and O–H groups in total. The molecule has 1 aliphatic rings. The van der Waals surface area contributed by atoms with Crippen LogP contribution in [0.5, 0.6) is 0 Å². The summed E-state index contributed by atoms with van der Waals surface area (Å²) in [7, 11) is 2.14. The topological polar surface area (TPSA) is 3.24 Å². The van der Waals surface area contributed by atoms with Crippen LogP contribution in [0.4, 0.5) is 4.39 Å². The maximum Gasteiger partial charge on any atom is 0.126 e. The molecule has 0 atom stereocenters. The molecule has 1 aliphatic heterocycles. The van der Waals surface area contributed by atoms with Crippen molar-refractivity contribution in [1.29, 1.82) is 0 Å². The smallest absolute Gasteiger partial charge is 0.126 e. The molecule has 0 radical (unpaired) electrons. The fraction of sp³-hybridized carbons (Fsp3) is 0.467. The Kier molecular flexibility index (Phi) is 3.34. The predicted octanol–water partition coefficient (Wildman–Crippen LogP) is 3.49. The summed E-state index contributed by atoms with van der Waals surface area (Å²) in [5, 5.41) is 0. The van der Waals surface area contributed by atoms with Crippen LogP contribution in [-0.4, -0.2) is 25.0 Å². The first-order valence-electron chi connectivity index (χ1n) is 6.11. The van der Waals surface area contributed by atoms with Crippen molar-refractivity contribution < 1.29 is 4.39 Å². The standard InChI is InChI=1S/C15H20FN/c1-10-7-13(5-6-15(10)16)11(2)12(3)14-8-17(4)9-14/h5-7,14H,8-9H2,1-4H3/b12-11-. The monoisotopic (exact) mass is 233 g/mol. The number of hydrogen-bond acceptors (Lipinski definition) is 1. The van der Waals surface area contributed by atoms with Gasteiger partial charge in [0, 0.05) is 19.0 Å². The van der Waals surface area contributed by atoms with Gasteiger partial charge in [-0.3, -0.25) is 0 Å². The van der Waals surface area contributed by atoms with Gasteiger partial charge in [0.15, 0.2) is 0 Å². The minimum Gasteiger partial charge on any atom is -0.305 e. The summed E-state index contributed by atoms with van der Waals surface area (Å²) in [5.74, 6) is 0.549. The quantitative estimate of drug-likeness (QED) is 0.756. The van der Waals surface area contributed by atoms with Crippen LogP contribution in [0.2, 0.25) is 0 Å². The van der Waals surface area contributed by atoms with Crippen molar-refractivity contribution in [2.45, 2.75) is 20.8 Å². The van der Waals surface area contributed by atoms with Crippen molar-refractivity contribution in [3.63, 3.8) is 0 Å². The van der Waals surface area contributed by atoms with E-state index in [9.17, 15) is 4.39 Å². The van der Waals surface area contributed by atoms with E-state index in [0.29, 0.717) is 5.92 Å². The van der Waals surface area contributed by atoms with Gasteiger partial charge in [-0.1, -0.05) is 11.6 Å². The molecule has 1 heterocycles. The molecule has 92 valence electrons. The van der Waals surface area contributed by atoms with Gasteiger partial charge in [0.05, 0.1) is 0 Å². The first kappa shape index (κ1) is 12.3. The van der Waals surface area contributed by atoms with E-state index in [4.69, 9.17) is 0 Å². The van der Waals surface area contributed by atoms with Crippen LogP contribution in [0.1, 0.15) is 25.0 Å². The summed E-state index contributed by atoms with van der Waals surface area (Å²) >= 11 is 0. The van der Waals surface area contributed by atoms with Gasteiger partial charge in [0.1, 0.15) is 5.82 Å². The molecule has 0 amide bonds. The van der Waals surface area contributed by atoms with Crippen molar-refractivity contribution in [1.82, 2.24) is 4.90 Å². The summed E-state index contributed by atoms with van der Waals surface area (Å²) in [6.45, 7) is 8.44. The minimum absolute atomic E-state index is 0.123. The molecule has 0 spiro atoms. The molecule has 0 aromatic heterocycles. The lowest BCUT2D eigenvalue weighted by Crippen LogP contribution is -2.44. The van der Waals surface area contributed by atoms with Crippen LogP contribution < -0.4 is 0 Å². The van der Waals surface area contributed by atoms with Crippen LogP contribution >= 0.6 is 0 Å². The van der Waals surface area contributed by atoms with Crippen LogP contribution in [0, 0.1) is 18.7 Å². The summed E-state index contributed by atoms with van der Waals surface area (Å²) in [5.41, 5.74) is 4.61. The third-order valence-corrected chi connectivity index (χ3v) is 3.86. The predicted molar refractivity (Wildman–Crippen MR) is 70.4 cm³/mol. The van der Waals surface area contributed by atoms with Crippen LogP contribution in [0.3, 0.4) is 0 Å². The van der Waals surface area contributed by atoms with Crippen LogP contribution in [0.25, 0.3) is 5.57 Å². The molecule has 1 aromatic carbocycles. The van der Waals surface area contributed by atoms with Crippen LogP contribution in [-0.2, 0) is 0 Å². The molecule has 0 bridgehead atoms. The van der Waals surface area contributed by atoms with Gasteiger partial charge in [0.25, 0.3) is 0 Å². The Morgan fingerprint density at radius 3 is 2.47 bits per heavy atom. The average Bonchev–Trinajstić information content (AvgIpc) is 2.27. The Morgan fingerprint density at radius 1 is 1.29 bits per heavy atom. The number of benzene rings is 1. The Morgan fingerprint density at radius 2 is 1.94 bits per heavy atom. The maximum absolute atomic E-state index is 13.2. The lowest BCUT2D eigenvalue weighted by molar-refractivity contribution is 0.162. The van der Waals surface area contributed by atoms with E-state index in [1.165, 1.54) is 11.1 Å². The molecule has 1 saturated heterocycles. The largest absolute Gasteiger partial charge is 0.305 e. The lowest BCUT2D eigenvalue weighted by atomic mass is 9.87. The number of allylic oxidation sites excluding steroid dienone is 1. The van der Waals surface area contributed by atoms with E-state index in [-0.39, 0.29) is 5.82 Å². The number of rotatable bonds is 2. The fourth-order valence-electron chi connectivity index (χ4n) is 2.38. The molecule has 2 heteroatoms. The first-order valence-corrected chi connectivity index (χ1v) is 6.11. The van der Waals surface area contributed by atoms with Crippen LogP contribution in [0.15, 0.2) is 23.8 Å². The highest BCUT2D eigenvalue weighted by atomic mass is 19.1. The van der Waals surface area contributed by atoms with Crippen molar-refractivity contribution in [3.05, 3.63) is 40.7 Å². The second-order valence-corrected chi connectivity index (χ2v) is 5.19. The second kappa shape index (κ2) is 4.61. The van der Waals surface area contributed by atoms with E-state index >= 15 is 0 Å². The third kappa shape index (κ3) is 2.42. The highest BCUT2D eigenvalue weighted by Crippen LogP contribution is 2.29. The Bertz CT molecular complexity index is 456. The van der Waals surface area contributed by atoms with Crippen molar-refractivity contribution in [3.8, 4) is 0 Å². The summed E-state index contributed by atoms with van der Waals surface area (Å²) in [4.78, 5) is 2.32. The normalized spacial score (nSPS) is 18.9. The van der Waals surface area contributed by atoms with Gasteiger partial charge in [-0.25, -0.2) is 4.39 Å². The zero-order valence-corrected chi connectivity index (χ0v) is 11.0. The van der Waals surface area contributed by atoms with Crippen molar-refractivity contribution >= 4 is 5.57 Å². The van der Waals surface area contributed by atoms with Crippen molar-refractivity contribution in [2.75, 3.05) is 20.1 Å². The molecule has 1 fully saturated rings. The zero-order chi connectivity index (χ0) is 12.6. The molecule has 2 rings (SSSR count). The summed E-state index contributed by atoms with van der Waals surface area (Å²) in [6.07, 6.45) is 0.